The van der Waals surface area contributed by atoms with Gasteiger partial charge in [0.25, 0.3) is 0 Å². The van der Waals surface area contributed by atoms with Gasteiger partial charge in [-0.15, -0.1) is 0 Å². The van der Waals surface area contributed by atoms with Crippen LogP contribution in [-0.4, -0.2) is 92.6 Å². The number of aliphatic hydroxyl groups excluding tert-OH is 8. The summed E-state index contributed by atoms with van der Waals surface area (Å²) in [7, 11) is 0. The van der Waals surface area contributed by atoms with Gasteiger partial charge in [0.05, 0.1) is 0 Å². The van der Waals surface area contributed by atoms with Gasteiger partial charge in [0.2, 0.25) is 0 Å². The van der Waals surface area contributed by atoms with Crippen molar-refractivity contribution in [2.45, 2.75) is 0 Å². The normalized spacial score (nSPS) is 3.84. The molecule has 0 aliphatic carbocycles. The van der Waals surface area contributed by atoms with E-state index in [0.29, 0.717) is 51.8 Å². The molecule has 25 heavy (non-hydrogen) atoms. The van der Waals surface area contributed by atoms with Crippen molar-refractivity contribution >= 4 is 51.8 Å². The summed E-state index contributed by atoms with van der Waals surface area (Å²) in [5.74, 6) is 0. The maximum atomic E-state index is 8.24. The van der Waals surface area contributed by atoms with E-state index in [9.17, 15) is 0 Å². The molecule has 0 atom stereocenters. The van der Waals surface area contributed by atoms with E-state index < -0.39 is 0 Å². The molecule has 1 radical (unpaired) electrons. The third-order valence-corrected chi connectivity index (χ3v) is 0. The van der Waals surface area contributed by atoms with Gasteiger partial charge in [-0.05, 0) is 0 Å². The zero-order chi connectivity index (χ0) is 21.7. The van der Waals surface area contributed by atoms with Crippen LogP contribution < -0.4 is 0 Å². The molecule has 0 bridgehead atoms. The van der Waals surface area contributed by atoms with Gasteiger partial charge in [-0.1, -0.05) is 51.8 Å². The van der Waals surface area contributed by atoms with Crippen LogP contribution in [0.1, 0.15) is 0 Å². The van der Waals surface area contributed by atoms with Crippen molar-refractivity contribution < 1.29 is 105 Å². The molecule has 8 N–H and O–H groups in total. The molecule has 0 saturated heterocycles. The Kier molecular flexibility index (Phi) is 856. The van der Waals surface area contributed by atoms with Gasteiger partial charge in [-0.25, -0.2) is 0 Å². The summed E-state index contributed by atoms with van der Waals surface area (Å²) < 4.78 is 0. The summed E-state index contributed by atoms with van der Waals surface area (Å²) in [6, 6.07) is 0. The van der Waals surface area contributed by atoms with Gasteiger partial charge < -0.3 is 79.2 Å². The summed E-state index contributed by atoms with van der Waals surface area (Å²) in [5, 5.41) is 54.1. The minimum Gasteiger partial charge on any atom is -0.665 e. The maximum absolute atomic E-state index is 8.24. The Labute approximate surface area is 157 Å². The Morgan fingerprint density at radius 3 is 0.280 bits per heavy atom. The largest absolute Gasteiger partial charge is 0.665 e. The first-order chi connectivity index (χ1) is 11.3. The van der Waals surface area contributed by atoms with E-state index in [1.54, 1.807) is 0 Å². The average Bonchev–Trinajstić information content (AvgIpc) is 2.45. The molecule has 147 valence electrons. The second kappa shape index (κ2) is 371. The third-order valence-electron chi connectivity index (χ3n) is 0. The van der Waals surface area contributed by atoms with E-state index in [0.717, 1.165) is 0 Å². The predicted molar refractivity (Wildman–Crippen MR) is 66.6 cm³/mol. The third kappa shape index (κ3) is 631. The van der Waals surface area contributed by atoms with Crippen molar-refractivity contribution in [2.24, 2.45) is 0 Å². The molecule has 0 saturated carbocycles. The van der Waals surface area contributed by atoms with Crippen LogP contribution in [0.4, 0.5) is 0 Å². The molecule has 0 fully saturated rings. The summed E-state index contributed by atoms with van der Waals surface area (Å²) in [4.78, 5) is 65.9. The van der Waals surface area contributed by atoms with E-state index in [2.05, 4.69) is 0 Å². The second-order valence-electron chi connectivity index (χ2n) is 0.730. The second-order valence-corrected chi connectivity index (χ2v) is 0.730. The van der Waals surface area contributed by atoms with Crippen molar-refractivity contribution in [3.05, 3.63) is 0 Å². The first-order valence-corrected chi connectivity index (χ1v) is 3.42. The van der Waals surface area contributed by atoms with Gasteiger partial charge in [0, 0.05) is 25.8 Å². The van der Waals surface area contributed by atoms with Crippen LogP contribution in [0.5, 0.6) is 0 Å². The molecule has 17 heteroatoms. The molecular weight excluding hydrogens is 397 g/mol. The molecule has 0 aromatic carbocycles. The van der Waals surface area contributed by atoms with Crippen LogP contribution in [-0.2, 0) is 64.2 Å². The molecule has 0 aromatic rings. The van der Waals surface area contributed by atoms with Crippen LogP contribution in [0.2, 0.25) is 0 Å². The van der Waals surface area contributed by atoms with Crippen molar-refractivity contribution in [3.8, 4) is 0 Å². The Bertz CT molecular complexity index is 160. The molecule has 16 nitrogen and oxygen atoms in total. The Morgan fingerprint density at radius 2 is 0.280 bits per heavy atom. The monoisotopic (exact) mass is 405 g/mol. The molecular formula is C8H8O16Sc-8. The van der Waals surface area contributed by atoms with E-state index >= 15 is 0 Å². The zero-order valence-electron chi connectivity index (χ0n) is 11.4. The van der Waals surface area contributed by atoms with Crippen molar-refractivity contribution in [1.82, 2.24) is 0 Å². The topological polar surface area (TPSA) is 298 Å². The Hall–Kier alpha value is -3.37. The molecule has 0 aliphatic rings. The van der Waals surface area contributed by atoms with Gasteiger partial charge in [0.1, 0.15) is 0 Å². The van der Waals surface area contributed by atoms with Crippen molar-refractivity contribution in [1.29, 1.82) is 0 Å². The molecule has 0 spiro atoms. The number of hydrogen-bond acceptors (Lipinski definition) is 8. The standard InChI is InChI=1S/8CHO2.Sc/c8*2-1-3;/h8*(H,2,3);/q8*-1;. The molecule has 0 aliphatic heterocycles. The van der Waals surface area contributed by atoms with Gasteiger partial charge in [0.15, 0.2) is 0 Å². The minimum atomic E-state index is 0. The number of hydrogen-bond donors (Lipinski definition) is 8. The Morgan fingerprint density at radius 1 is 0.280 bits per heavy atom. The van der Waals surface area contributed by atoms with Crippen LogP contribution in [0.3, 0.4) is 0 Å². The van der Waals surface area contributed by atoms with Gasteiger partial charge >= 0.3 is 0 Å². The fourth-order valence-electron chi connectivity index (χ4n) is 0. The molecule has 0 heterocycles. The number of rotatable bonds is 0. The molecule has 0 unspecified atom stereocenters. The van der Waals surface area contributed by atoms with E-state index in [1.807, 2.05) is 0 Å². The van der Waals surface area contributed by atoms with Gasteiger partial charge in [-0.2, -0.15) is 0 Å². The van der Waals surface area contributed by atoms with Gasteiger partial charge in [-0.3, -0.25) is 0 Å². The van der Waals surface area contributed by atoms with Crippen molar-refractivity contribution in [3.63, 3.8) is 0 Å². The molecule has 0 rings (SSSR count). The van der Waals surface area contributed by atoms with E-state index in [1.165, 1.54) is 0 Å². The Balaban J connectivity index is -0.0000000166. The molecule has 0 amide bonds. The summed E-state index contributed by atoms with van der Waals surface area (Å²) >= 11 is 0. The fourth-order valence-corrected chi connectivity index (χ4v) is 0. The molecule has 0 aromatic heterocycles. The first-order valence-electron chi connectivity index (χ1n) is 3.42. The first kappa shape index (κ1) is 57.7. The minimum absolute atomic E-state index is 0. The summed E-state index contributed by atoms with van der Waals surface area (Å²) in [6.45, 7) is 4.00. The van der Waals surface area contributed by atoms with E-state index in [-0.39, 0.29) is 25.8 Å². The predicted octanol–water partition coefficient (Wildman–Crippen LogP) is -3.11. The average molecular weight is 405 g/mol. The quantitative estimate of drug-likeness (QED) is 0.185. The van der Waals surface area contributed by atoms with Crippen LogP contribution in [0.15, 0.2) is 0 Å². The zero-order valence-corrected chi connectivity index (χ0v) is 13.2. The van der Waals surface area contributed by atoms with Crippen LogP contribution in [0, 0.1) is 0 Å². The SMILES string of the molecule is O=[C-]O.O=[C-]O.O=[C-]O.O=[C-]O.O=[C-]O.O=[C-]O.O=[C-]O.O=[C-]O.[Sc]. The van der Waals surface area contributed by atoms with E-state index in [4.69, 9.17) is 79.2 Å². The maximum Gasteiger partial charge on any atom is 0 e. The van der Waals surface area contributed by atoms with Crippen LogP contribution >= 0.6 is 0 Å². The fraction of sp³-hybridized carbons (Fsp3) is 0. The summed E-state index contributed by atoms with van der Waals surface area (Å²) in [5.41, 5.74) is 0. The van der Waals surface area contributed by atoms with Crippen molar-refractivity contribution in [2.75, 3.05) is 0 Å². The smallest absolute Gasteiger partial charge is 0 e. The summed E-state index contributed by atoms with van der Waals surface area (Å²) in [6.07, 6.45) is 0. The van der Waals surface area contributed by atoms with Crippen LogP contribution in [0.25, 0.3) is 0 Å².